The van der Waals surface area contributed by atoms with E-state index in [1.807, 2.05) is 20.8 Å². The Labute approximate surface area is 129 Å². The Balaban J connectivity index is 2.19. The van der Waals surface area contributed by atoms with Gasteiger partial charge < -0.3 is 14.5 Å². The number of aliphatic hydroxyl groups is 1. The Morgan fingerprint density at radius 1 is 1.32 bits per heavy atom. The van der Waals surface area contributed by atoms with Crippen LogP contribution in [0.5, 0.6) is 0 Å². The predicted octanol–water partition coefficient (Wildman–Crippen LogP) is 2.22. The van der Waals surface area contributed by atoms with Gasteiger partial charge in [0.25, 0.3) is 5.91 Å². The summed E-state index contributed by atoms with van der Waals surface area (Å²) in [7, 11) is 1.71. The van der Waals surface area contributed by atoms with Crippen molar-refractivity contribution >= 4 is 5.91 Å². The van der Waals surface area contributed by atoms with Crippen LogP contribution in [-0.4, -0.2) is 45.8 Å². The van der Waals surface area contributed by atoms with Crippen molar-refractivity contribution in [2.75, 3.05) is 13.7 Å². The molecule has 1 unspecified atom stereocenters. The third-order valence-corrected chi connectivity index (χ3v) is 3.71. The first-order chi connectivity index (χ1) is 10.3. The summed E-state index contributed by atoms with van der Waals surface area (Å²) in [6.45, 7) is 5.91. The maximum atomic E-state index is 12.6. The van der Waals surface area contributed by atoms with Crippen LogP contribution in [0.1, 0.15) is 31.1 Å². The van der Waals surface area contributed by atoms with Crippen LogP contribution in [0, 0.1) is 5.41 Å². The van der Waals surface area contributed by atoms with Crippen molar-refractivity contribution in [3.05, 3.63) is 36.2 Å². The minimum Gasteiger partial charge on any atom is -0.394 e. The highest BCUT2D eigenvalue weighted by Gasteiger charge is 2.30. The number of aromatic nitrogens is 2. The smallest absolute Gasteiger partial charge is 0.253 e. The number of carbonyl (C=O) groups excluding carboxylic acids is 1. The van der Waals surface area contributed by atoms with E-state index >= 15 is 0 Å². The van der Waals surface area contributed by atoms with E-state index < -0.39 is 0 Å². The van der Waals surface area contributed by atoms with Gasteiger partial charge >= 0.3 is 0 Å². The van der Waals surface area contributed by atoms with Crippen LogP contribution in [0.15, 0.2) is 35.2 Å². The van der Waals surface area contributed by atoms with Gasteiger partial charge in [0.15, 0.2) is 0 Å². The molecular formula is C16H21N3O3. The maximum Gasteiger partial charge on any atom is 0.253 e. The lowest BCUT2D eigenvalue weighted by molar-refractivity contribution is 0.0434. The fourth-order valence-electron chi connectivity index (χ4n) is 2.38. The van der Waals surface area contributed by atoms with Gasteiger partial charge in [-0.25, -0.2) is 0 Å². The third kappa shape index (κ3) is 3.33. The number of carbonyl (C=O) groups is 1. The Bertz CT molecular complexity index is 615. The monoisotopic (exact) mass is 303 g/mol. The van der Waals surface area contributed by atoms with E-state index in [0.717, 1.165) is 5.56 Å². The van der Waals surface area contributed by atoms with E-state index in [1.165, 1.54) is 6.39 Å². The molecule has 0 saturated carbocycles. The number of nitrogens with zero attached hydrogens (tertiary/aromatic N) is 3. The molecule has 0 saturated heterocycles. The summed E-state index contributed by atoms with van der Waals surface area (Å²) in [5.74, 6) is 0.351. The number of benzene rings is 1. The van der Waals surface area contributed by atoms with Crippen molar-refractivity contribution in [1.82, 2.24) is 15.0 Å². The molecule has 118 valence electrons. The summed E-state index contributed by atoms with van der Waals surface area (Å²) < 4.78 is 4.70. The second-order valence-corrected chi connectivity index (χ2v) is 6.31. The number of aliphatic hydroxyl groups excluding tert-OH is 1. The van der Waals surface area contributed by atoms with E-state index in [1.54, 1.807) is 36.2 Å². The minimum absolute atomic E-state index is 0.0767. The molecule has 2 rings (SSSR count). The molecule has 6 nitrogen and oxygen atoms in total. The van der Waals surface area contributed by atoms with Gasteiger partial charge in [0.05, 0.1) is 12.6 Å². The van der Waals surface area contributed by atoms with Gasteiger partial charge in [-0.05, 0) is 17.5 Å². The van der Waals surface area contributed by atoms with Crippen molar-refractivity contribution in [1.29, 1.82) is 0 Å². The van der Waals surface area contributed by atoms with Crippen molar-refractivity contribution in [3.63, 3.8) is 0 Å². The van der Waals surface area contributed by atoms with Crippen LogP contribution in [0.4, 0.5) is 0 Å². The molecule has 1 aromatic heterocycles. The quantitative estimate of drug-likeness (QED) is 0.936. The van der Waals surface area contributed by atoms with Crippen molar-refractivity contribution in [3.8, 4) is 11.4 Å². The summed E-state index contributed by atoms with van der Waals surface area (Å²) in [6, 6.07) is 6.74. The topological polar surface area (TPSA) is 79.5 Å². The molecule has 2 aromatic rings. The van der Waals surface area contributed by atoms with Gasteiger partial charge in [0.2, 0.25) is 12.2 Å². The zero-order chi connectivity index (χ0) is 16.3. The van der Waals surface area contributed by atoms with E-state index in [9.17, 15) is 9.90 Å². The fraction of sp³-hybridized carbons (Fsp3) is 0.438. The van der Waals surface area contributed by atoms with Gasteiger partial charge in [0.1, 0.15) is 0 Å². The molecule has 6 heteroatoms. The summed E-state index contributed by atoms with van der Waals surface area (Å²) in [5, 5.41) is 13.3. The first kappa shape index (κ1) is 16.2. The summed E-state index contributed by atoms with van der Waals surface area (Å²) in [4.78, 5) is 18.1. The molecule has 1 N–H and O–H groups in total. The van der Waals surface area contributed by atoms with Crippen LogP contribution < -0.4 is 0 Å². The van der Waals surface area contributed by atoms with Crippen LogP contribution in [0.25, 0.3) is 11.4 Å². The SMILES string of the molecule is CN(C(=O)c1ccc(-c2ncon2)cc1)C(CO)C(C)(C)C. The predicted molar refractivity (Wildman–Crippen MR) is 82.2 cm³/mol. The summed E-state index contributed by atoms with van der Waals surface area (Å²) in [5.41, 5.74) is 1.13. The number of amides is 1. The van der Waals surface area contributed by atoms with Crippen LogP contribution in [0.3, 0.4) is 0 Å². The highest BCUT2D eigenvalue weighted by atomic mass is 16.5. The average Bonchev–Trinajstić information content (AvgIpc) is 3.00. The molecular weight excluding hydrogens is 282 g/mol. The Kier molecular flexibility index (Phi) is 4.61. The lowest BCUT2D eigenvalue weighted by atomic mass is 9.86. The van der Waals surface area contributed by atoms with Crippen LogP contribution in [0.2, 0.25) is 0 Å². The molecule has 0 fully saturated rings. The largest absolute Gasteiger partial charge is 0.394 e. The van der Waals surface area contributed by atoms with E-state index in [4.69, 9.17) is 4.52 Å². The average molecular weight is 303 g/mol. The van der Waals surface area contributed by atoms with Crippen LogP contribution >= 0.6 is 0 Å². The van der Waals surface area contributed by atoms with Gasteiger partial charge in [-0.3, -0.25) is 4.79 Å². The van der Waals surface area contributed by atoms with Crippen LogP contribution in [-0.2, 0) is 0 Å². The van der Waals surface area contributed by atoms with Gasteiger partial charge in [-0.1, -0.05) is 38.1 Å². The molecule has 1 atom stereocenters. The van der Waals surface area contributed by atoms with Gasteiger partial charge in [0, 0.05) is 18.2 Å². The summed E-state index contributed by atoms with van der Waals surface area (Å²) >= 11 is 0. The molecule has 0 aliphatic carbocycles. The van der Waals surface area contributed by atoms with E-state index in [-0.39, 0.29) is 24.0 Å². The first-order valence-electron chi connectivity index (χ1n) is 7.09. The molecule has 1 amide bonds. The molecule has 1 aromatic carbocycles. The lowest BCUT2D eigenvalue weighted by Crippen LogP contribution is -2.47. The molecule has 0 aliphatic rings. The summed E-state index contributed by atoms with van der Waals surface area (Å²) in [6.07, 6.45) is 1.26. The van der Waals surface area contributed by atoms with Gasteiger partial charge in [-0.15, -0.1) is 0 Å². The molecule has 0 aliphatic heterocycles. The Hall–Kier alpha value is -2.21. The zero-order valence-electron chi connectivity index (χ0n) is 13.3. The van der Waals surface area contributed by atoms with Crippen molar-refractivity contribution in [2.45, 2.75) is 26.8 Å². The van der Waals surface area contributed by atoms with Crippen molar-refractivity contribution < 1.29 is 14.4 Å². The molecule has 22 heavy (non-hydrogen) atoms. The van der Waals surface area contributed by atoms with Gasteiger partial charge in [-0.2, -0.15) is 4.98 Å². The number of hydrogen-bond donors (Lipinski definition) is 1. The third-order valence-electron chi connectivity index (χ3n) is 3.71. The normalized spacial score (nSPS) is 13.0. The highest BCUT2D eigenvalue weighted by molar-refractivity contribution is 5.94. The minimum atomic E-state index is -0.253. The Morgan fingerprint density at radius 3 is 2.41 bits per heavy atom. The second kappa shape index (κ2) is 6.27. The highest BCUT2D eigenvalue weighted by Crippen LogP contribution is 2.25. The molecule has 0 spiro atoms. The second-order valence-electron chi connectivity index (χ2n) is 6.31. The zero-order valence-corrected chi connectivity index (χ0v) is 13.3. The van der Waals surface area contributed by atoms with E-state index in [0.29, 0.717) is 11.4 Å². The van der Waals surface area contributed by atoms with Crippen molar-refractivity contribution in [2.24, 2.45) is 5.41 Å². The van der Waals surface area contributed by atoms with E-state index in [2.05, 4.69) is 10.1 Å². The number of hydrogen-bond acceptors (Lipinski definition) is 5. The first-order valence-corrected chi connectivity index (χ1v) is 7.09. The number of rotatable bonds is 4. The molecule has 1 heterocycles. The molecule has 0 radical (unpaired) electrons. The molecule has 0 bridgehead atoms. The lowest BCUT2D eigenvalue weighted by Gasteiger charge is -2.36. The maximum absolute atomic E-state index is 12.6. The Morgan fingerprint density at radius 2 is 1.95 bits per heavy atom. The number of likely N-dealkylation sites (N-methyl/N-ethyl adjacent to an activating group) is 1. The standard InChI is InChI=1S/C16H21N3O3/c1-16(2,3)13(9-20)19(4)15(21)12-7-5-11(6-8-12)14-17-10-22-18-14/h5-8,10,13,20H,9H2,1-4H3. The fourth-order valence-corrected chi connectivity index (χ4v) is 2.38.